The van der Waals surface area contributed by atoms with Crippen LogP contribution in [-0.4, -0.2) is 13.0 Å². The molecule has 0 heterocycles. The molecule has 0 atom stereocenters. The standard InChI is InChI=1S/C18H14INO/c1-20(17-9-5-4-8-16(17)19)18(21)15-11-10-13-6-2-3-7-14(13)12-15/h2-12H,1H3. The van der Waals surface area contributed by atoms with Gasteiger partial charge in [0.2, 0.25) is 0 Å². The minimum atomic E-state index is 0.00451. The van der Waals surface area contributed by atoms with Gasteiger partial charge in [0.1, 0.15) is 0 Å². The Balaban J connectivity index is 1.98. The second-order valence-electron chi connectivity index (χ2n) is 4.88. The van der Waals surface area contributed by atoms with Gasteiger partial charge in [0, 0.05) is 16.2 Å². The largest absolute Gasteiger partial charge is 0.310 e. The molecule has 0 spiro atoms. The van der Waals surface area contributed by atoms with Gasteiger partial charge in [0.15, 0.2) is 0 Å². The lowest BCUT2D eigenvalue weighted by atomic mass is 10.1. The van der Waals surface area contributed by atoms with Gasteiger partial charge in [-0.2, -0.15) is 0 Å². The van der Waals surface area contributed by atoms with E-state index in [0.29, 0.717) is 5.56 Å². The normalized spacial score (nSPS) is 10.6. The lowest BCUT2D eigenvalue weighted by molar-refractivity contribution is 0.0993. The zero-order chi connectivity index (χ0) is 14.8. The Morgan fingerprint density at radius 2 is 1.57 bits per heavy atom. The summed E-state index contributed by atoms with van der Waals surface area (Å²) in [5.41, 5.74) is 1.63. The van der Waals surface area contributed by atoms with Crippen LogP contribution in [0.3, 0.4) is 0 Å². The number of halogens is 1. The molecule has 3 heteroatoms. The Kier molecular flexibility index (Phi) is 3.92. The minimum Gasteiger partial charge on any atom is -0.310 e. The van der Waals surface area contributed by atoms with Crippen LogP contribution in [0.25, 0.3) is 10.8 Å². The summed E-state index contributed by atoms with van der Waals surface area (Å²) in [5.74, 6) is 0.00451. The average Bonchev–Trinajstić information content (AvgIpc) is 2.53. The fourth-order valence-corrected chi connectivity index (χ4v) is 3.10. The highest BCUT2D eigenvalue weighted by Gasteiger charge is 2.15. The number of carbonyl (C=O) groups is 1. The molecule has 3 aromatic rings. The van der Waals surface area contributed by atoms with Crippen LogP contribution in [0.15, 0.2) is 66.7 Å². The van der Waals surface area contributed by atoms with Gasteiger partial charge >= 0.3 is 0 Å². The van der Waals surface area contributed by atoms with Crippen LogP contribution in [0.4, 0.5) is 5.69 Å². The monoisotopic (exact) mass is 387 g/mol. The highest BCUT2D eigenvalue weighted by molar-refractivity contribution is 14.1. The molecule has 0 radical (unpaired) electrons. The van der Waals surface area contributed by atoms with Crippen molar-refractivity contribution < 1.29 is 4.79 Å². The first-order chi connectivity index (χ1) is 10.2. The molecule has 0 bridgehead atoms. The molecular weight excluding hydrogens is 373 g/mol. The minimum absolute atomic E-state index is 0.00451. The highest BCUT2D eigenvalue weighted by atomic mass is 127. The van der Waals surface area contributed by atoms with E-state index in [9.17, 15) is 4.79 Å². The van der Waals surface area contributed by atoms with E-state index in [2.05, 4.69) is 22.6 Å². The van der Waals surface area contributed by atoms with Crippen molar-refractivity contribution in [3.63, 3.8) is 0 Å². The first kappa shape index (κ1) is 14.1. The van der Waals surface area contributed by atoms with E-state index >= 15 is 0 Å². The lowest BCUT2D eigenvalue weighted by Gasteiger charge is -2.19. The molecule has 3 aromatic carbocycles. The van der Waals surface area contributed by atoms with Crippen molar-refractivity contribution in [3.8, 4) is 0 Å². The second-order valence-corrected chi connectivity index (χ2v) is 6.04. The van der Waals surface area contributed by atoms with Crippen LogP contribution in [-0.2, 0) is 0 Å². The number of anilines is 1. The van der Waals surface area contributed by atoms with Gasteiger partial charge in [-0.15, -0.1) is 0 Å². The molecule has 0 aromatic heterocycles. The second kappa shape index (κ2) is 5.85. The summed E-state index contributed by atoms with van der Waals surface area (Å²) in [6.45, 7) is 0. The Labute approximate surface area is 137 Å². The van der Waals surface area contributed by atoms with Gasteiger partial charge in [0.05, 0.1) is 5.69 Å². The number of fused-ring (bicyclic) bond motifs is 1. The van der Waals surface area contributed by atoms with Crippen molar-refractivity contribution in [1.29, 1.82) is 0 Å². The third kappa shape index (κ3) is 2.78. The van der Waals surface area contributed by atoms with Crippen LogP contribution < -0.4 is 4.90 Å². The highest BCUT2D eigenvalue weighted by Crippen LogP contribution is 2.23. The summed E-state index contributed by atoms with van der Waals surface area (Å²) in [6.07, 6.45) is 0. The fourth-order valence-electron chi connectivity index (χ4n) is 2.35. The van der Waals surface area contributed by atoms with E-state index in [1.807, 2.05) is 73.8 Å². The Bertz CT molecular complexity index is 813. The molecule has 0 fully saturated rings. The van der Waals surface area contributed by atoms with E-state index in [1.54, 1.807) is 4.90 Å². The van der Waals surface area contributed by atoms with Gasteiger partial charge in [-0.3, -0.25) is 4.79 Å². The molecule has 2 nitrogen and oxygen atoms in total. The number of para-hydroxylation sites is 1. The molecule has 1 amide bonds. The predicted octanol–water partition coefficient (Wildman–Crippen LogP) is 4.72. The number of amides is 1. The number of hydrogen-bond acceptors (Lipinski definition) is 1. The molecule has 21 heavy (non-hydrogen) atoms. The molecule has 0 saturated heterocycles. The van der Waals surface area contributed by atoms with E-state index < -0.39 is 0 Å². The Hall–Kier alpha value is -1.88. The Morgan fingerprint density at radius 1 is 0.905 bits per heavy atom. The van der Waals surface area contributed by atoms with Crippen molar-refractivity contribution in [2.75, 3.05) is 11.9 Å². The van der Waals surface area contributed by atoms with E-state index in [4.69, 9.17) is 0 Å². The number of benzene rings is 3. The summed E-state index contributed by atoms with van der Waals surface area (Å²) in [7, 11) is 1.81. The summed E-state index contributed by atoms with van der Waals surface area (Å²) in [4.78, 5) is 14.4. The predicted molar refractivity (Wildman–Crippen MR) is 95.8 cm³/mol. The Morgan fingerprint density at radius 3 is 2.33 bits per heavy atom. The number of carbonyl (C=O) groups excluding carboxylic acids is 1. The zero-order valence-corrected chi connectivity index (χ0v) is 13.7. The smallest absolute Gasteiger partial charge is 0.258 e. The lowest BCUT2D eigenvalue weighted by Crippen LogP contribution is -2.26. The SMILES string of the molecule is CN(C(=O)c1ccc2ccccc2c1)c1ccccc1I. The molecule has 0 aliphatic carbocycles. The molecule has 0 N–H and O–H groups in total. The first-order valence-corrected chi connectivity index (χ1v) is 7.76. The van der Waals surface area contributed by atoms with Gasteiger partial charge < -0.3 is 4.90 Å². The van der Waals surface area contributed by atoms with Crippen molar-refractivity contribution >= 4 is 45.0 Å². The molecule has 0 aliphatic rings. The quantitative estimate of drug-likeness (QED) is 0.583. The summed E-state index contributed by atoms with van der Waals surface area (Å²) < 4.78 is 1.06. The van der Waals surface area contributed by atoms with Crippen LogP contribution in [0.1, 0.15) is 10.4 Å². The summed E-state index contributed by atoms with van der Waals surface area (Å²) in [6, 6.07) is 21.8. The maximum absolute atomic E-state index is 12.7. The maximum Gasteiger partial charge on any atom is 0.258 e. The van der Waals surface area contributed by atoms with Gasteiger partial charge in [-0.05, 0) is 57.6 Å². The van der Waals surface area contributed by atoms with Gasteiger partial charge in [0.25, 0.3) is 5.91 Å². The van der Waals surface area contributed by atoms with Crippen LogP contribution in [0.2, 0.25) is 0 Å². The van der Waals surface area contributed by atoms with E-state index in [1.165, 1.54) is 0 Å². The third-order valence-corrected chi connectivity index (χ3v) is 4.43. The van der Waals surface area contributed by atoms with Crippen LogP contribution >= 0.6 is 22.6 Å². The molecule has 0 saturated carbocycles. The first-order valence-electron chi connectivity index (χ1n) is 6.68. The van der Waals surface area contributed by atoms with E-state index in [-0.39, 0.29) is 5.91 Å². The van der Waals surface area contributed by atoms with Crippen LogP contribution in [0.5, 0.6) is 0 Å². The van der Waals surface area contributed by atoms with Crippen molar-refractivity contribution in [2.24, 2.45) is 0 Å². The number of hydrogen-bond donors (Lipinski definition) is 0. The van der Waals surface area contributed by atoms with Gasteiger partial charge in [-0.1, -0.05) is 42.5 Å². The fraction of sp³-hybridized carbons (Fsp3) is 0.0556. The third-order valence-electron chi connectivity index (χ3n) is 3.51. The van der Waals surface area contributed by atoms with Crippen molar-refractivity contribution in [2.45, 2.75) is 0 Å². The molecule has 104 valence electrons. The molecule has 0 aliphatic heterocycles. The molecule has 0 unspecified atom stereocenters. The van der Waals surface area contributed by atoms with Crippen molar-refractivity contribution in [1.82, 2.24) is 0 Å². The number of nitrogens with zero attached hydrogens (tertiary/aromatic N) is 1. The summed E-state index contributed by atoms with van der Waals surface area (Å²) >= 11 is 2.25. The zero-order valence-electron chi connectivity index (χ0n) is 11.6. The average molecular weight is 387 g/mol. The van der Waals surface area contributed by atoms with E-state index in [0.717, 1.165) is 20.0 Å². The van der Waals surface area contributed by atoms with Gasteiger partial charge in [-0.25, -0.2) is 0 Å². The van der Waals surface area contributed by atoms with Crippen molar-refractivity contribution in [3.05, 3.63) is 75.9 Å². The number of rotatable bonds is 2. The maximum atomic E-state index is 12.7. The molecule has 3 rings (SSSR count). The molecular formula is C18H14INO. The summed E-state index contributed by atoms with van der Waals surface area (Å²) in [5, 5.41) is 2.23. The van der Waals surface area contributed by atoms with Crippen LogP contribution in [0, 0.1) is 3.57 Å². The topological polar surface area (TPSA) is 20.3 Å².